The summed E-state index contributed by atoms with van der Waals surface area (Å²) in [7, 11) is 1.45. The van der Waals surface area contributed by atoms with Crippen molar-refractivity contribution in [3.05, 3.63) is 0 Å². The number of amides is 2. The Bertz CT molecular complexity index is 264. The third kappa shape index (κ3) is 3.83. The minimum atomic E-state index is -1.09. The topological polar surface area (TPSA) is 117 Å². The van der Waals surface area contributed by atoms with Gasteiger partial charge in [-0.1, -0.05) is 5.06 Å². The van der Waals surface area contributed by atoms with Crippen LogP contribution in [0.3, 0.4) is 0 Å². The van der Waals surface area contributed by atoms with Crippen molar-refractivity contribution in [2.75, 3.05) is 20.3 Å². The molecule has 0 aromatic rings. The molecular weight excluding hydrogens is 220 g/mol. The predicted molar refractivity (Wildman–Crippen MR) is 50.4 cm³/mol. The number of carbonyl (C=O) groups is 3. The highest BCUT2D eigenvalue weighted by Crippen LogP contribution is 2.12. The Balaban J connectivity index is 0.00000225. The van der Waals surface area contributed by atoms with Gasteiger partial charge in [-0.05, 0) is 0 Å². The highest BCUT2D eigenvalue weighted by molar-refractivity contribution is 6.01. The number of hydrogen-bond acceptors (Lipinski definition) is 7. The van der Waals surface area contributed by atoms with E-state index in [1.54, 1.807) is 0 Å². The molecular formula is C8H14N2O6. The number of imide groups is 1. The van der Waals surface area contributed by atoms with Gasteiger partial charge in [0.1, 0.15) is 6.61 Å². The average molecular weight is 234 g/mol. The van der Waals surface area contributed by atoms with E-state index in [-0.39, 0.29) is 32.2 Å². The zero-order chi connectivity index (χ0) is 11.3. The fourth-order valence-electron chi connectivity index (χ4n) is 0.967. The van der Waals surface area contributed by atoms with Crippen molar-refractivity contribution in [1.29, 1.82) is 0 Å². The minimum absolute atomic E-state index is 0. The molecule has 0 aliphatic carbocycles. The number of hydroxylamine groups is 2. The second-order valence-electron chi connectivity index (χ2n) is 2.76. The first kappa shape index (κ1) is 14.3. The third-order valence-electron chi connectivity index (χ3n) is 1.68. The Hall–Kier alpha value is -1.67. The van der Waals surface area contributed by atoms with E-state index in [2.05, 4.69) is 14.3 Å². The van der Waals surface area contributed by atoms with Crippen molar-refractivity contribution in [3.8, 4) is 0 Å². The van der Waals surface area contributed by atoms with Crippen LogP contribution in [0.5, 0.6) is 0 Å². The number of methoxy groups -OCH3 is 1. The van der Waals surface area contributed by atoms with Crippen molar-refractivity contribution in [3.63, 3.8) is 0 Å². The largest absolute Gasteiger partial charge is 0.534 e. The maximum absolute atomic E-state index is 11.0. The SMILES string of the molecule is COCCOC(=O)ON1C(=O)CCC1=O.N. The first-order chi connectivity index (χ1) is 7.15. The fraction of sp³-hybridized carbons (Fsp3) is 0.625. The van der Waals surface area contributed by atoms with Crippen LogP contribution in [0.25, 0.3) is 0 Å². The maximum atomic E-state index is 11.0. The van der Waals surface area contributed by atoms with Gasteiger partial charge in [-0.2, -0.15) is 0 Å². The molecule has 0 saturated carbocycles. The summed E-state index contributed by atoms with van der Waals surface area (Å²) in [5.74, 6) is -1.08. The lowest BCUT2D eigenvalue weighted by molar-refractivity contribution is -0.177. The van der Waals surface area contributed by atoms with Crippen LogP contribution >= 0.6 is 0 Å². The van der Waals surface area contributed by atoms with E-state index in [0.29, 0.717) is 5.06 Å². The van der Waals surface area contributed by atoms with Crippen LogP contribution < -0.4 is 6.15 Å². The Morgan fingerprint density at radius 3 is 2.31 bits per heavy atom. The zero-order valence-electron chi connectivity index (χ0n) is 8.93. The van der Waals surface area contributed by atoms with E-state index < -0.39 is 18.0 Å². The maximum Gasteiger partial charge on any atom is 0.534 e. The molecule has 3 N–H and O–H groups in total. The first-order valence-corrected chi connectivity index (χ1v) is 4.34. The van der Waals surface area contributed by atoms with Gasteiger partial charge in [0, 0.05) is 20.0 Å². The summed E-state index contributed by atoms with van der Waals surface area (Å²) < 4.78 is 9.13. The highest BCUT2D eigenvalue weighted by Gasteiger charge is 2.33. The molecule has 0 bridgehead atoms. The lowest BCUT2D eigenvalue weighted by atomic mass is 10.4. The standard InChI is InChI=1S/C8H11NO6.H3N/c1-13-4-5-14-8(12)15-9-6(10)2-3-7(9)11;/h2-5H2,1H3;1H3. The molecule has 8 nitrogen and oxygen atoms in total. The van der Waals surface area contributed by atoms with Crippen LogP contribution in [0.2, 0.25) is 0 Å². The number of rotatable bonds is 4. The number of ether oxygens (including phenoxy) is 2. The van der Waals surface area contributed by atoms with Gasteiger partial charge in [-0.15, -0.1) is 0 Å². The van der Waals surface area contributed by atoms with Gasteiger partial charge in [0.2, 0.25) is 0 Å². The monoisotopic (exact) mass is 234 g/mol. The lowest BCUT2D eigenvalue weighted by Crippen LogP contribution is -2.32. The summed E-state index contributed by atoms with van der Waals surface area (Å²) >= 11 is 0. The normalized spacial score (nSPS) is 14.7. The smallest absolute Gasteiger partial charge is 0.430 e. The summed E-state index contributed by atoms with van der Waals surface area (Å²) in [6.45, 7) is 0.225. The van der Waals surface area contributed by atoms with Gasteiger partial charge in [-0.25, -0.2) is 4.79 Å². The van der Waals surface area contributed by atoms with Crippen LogP contribution in [0.4, 0.5) is 4.79 Å². The summed E-state index contributed by atoms with van der Waals surface area (Å²) in [5, 5.41) is 0.426. The van der Waals surface area contributed by atoms with E-state index in [1.807, 2.05) is 0 Å². The molecule has 0 atom stereocenters. The van der Waals surface area contributed by atoms with Crippen LogP contribution in [0.1, 0.15) is 12.8 Å². The Morgan fingerprint density at radius 2 is 1.81 bits per heavy atom. The van der Waals surface area contributed by atoms with Crippen LogP contribution in [0, 0.1) is 0 Å². The third-order valence-corrected chi connectivity index (χ3v) is 1.68. The molecule has 1 fully saturated rings. The molecule has 2 amide bonds. The minimum Gasteiger partial charge on any atom is -0.430 e. The molecule has 0 aromatic heterocycles. The van der Waals surface area contributed by atoms with Gasteiger partial charge in [0.05, 0.1) is 6.61 Å². The summed E-state index contributed by atoms with van der Waals surface area (Å²) in [4.78, 5) is 37.3. The van der Waals surface area contributed by atoms with Crippen molar-refractivity contribution in [2.24, 2.45) is 0 Å². The Labute approximate surface area is 92.0 Å². The second-order valence-corrected chi connectivity index (χ2v) is 2.76. The number of hydrogen-bond donors (Lipinski definition) is 1. The molecule has 1 aliphatic heterocycles. The molecule has 1 saturated heterocycles. The van der Waals surface area contributed by atoms with Gasteiger partial charge in [0.15, 0.2) is 0 Å². The molecule has 16 heavy (non-hydrogen) atoms. The summed E-state index contributed by atoms with van der Waals surface area (Å²) in [5.41, 5.74) is 0. The molecule has 0 spiro atoms. The summed E-state index contributed by atoms with van der Waals surface area (Å²) in [6.07, 6.45) is -0.968. The quantitative estimate of drug-likeness (QED) is 0.413. The van der Waals surface area contributed by atoms with Crippen molar-refractivity contribution >= 4 is 18.0 Å². The molecule has 1 heterocycles. The fourth-order valence-corrected chi connectivity index (χ4v) is 0.967. The van der Waals surface area contributed by atoms with Crippen LogP contribution in [-0.4, -0.2) is 43.4 Å². The molecule has 1 rings (SSSR count). The molecule has 0 radical (unpaired) electrons. The van der Waals surface area contributed by atoms with Crippen molar-refractivity contribution < 1.29 is 28.7 Å². The molecule has 1 aliphatic rings. The van der Waals surface area contributed by atoms with E-state index in [9.17, 15) is 14.4 Å². The van der Waals surface area contributed by atoms with E-state index in [1.165, 1.54) is 7.11 Å². The average Bonchev–Trinajstić information content (AvgIpc) is 2.50. The Kier molecular flexibility index (Phi) is 6.04. The molecule has 0 aromatic carbocycles. The van der Waals surface area contributed by atoms with Crippen LogP contribution in [0.15, 0.2) is 0 Å². The number of carbonyl (C=O) groups excluding carboxylic acids is 3. The first-order valence-electron chi connectivity index (χ1n) is 4.34. The predicted octanol–water partition coefficient (Wildman–Crippen LogP) is 0.0120. The Morgan fingerprint density at radius 1 is 1.25 bits per heavy atom. The molecule has 8 heteroatoms. The molecule has 92 valence electrons. The number of nitrogens with zero attached hydrogens (tertiary/aromatic N) is 1. The van der Waals surface area contributed by atoms with E-state index in [4.69, 9.17) is 0 Å². The van der Waals surface area contributed by atoms with Crippen molar-refractivity contribution in [1.82, 2.24) is 11.2 Å². The van der Waals surface area contributed by atoms with Gasteiger partial charge in [0.25, 0.3) is 11.8 Å². The summed E-state index contributed by atoms with van der Waals surface area (Å²) in [6, 6.07) is 0. The van der Waals surface area contributed by atoms with E-state index in [0.717, 1.165) is 0 Å². The zero-order valence-corrected chi connectivity index (χ0v) is 8.93. The van der Waals surface area contributed by atoms with Crippen molar-refractivity contribution in [2.45, 2.75) is 12.8 Å². The van der Waals surface area contributed by atoms with Gasteiger partial charge in [-0.3, -0.25) is 14.4 Å². The molecule has 0 unspecified atom stereocenters. The highest BCUT2D eigenvalue weighted by atomic mass is 16.8. The second kappa shape index (κ2) is 6.75. The van der Waals surface area contributed by atoms with Gasteiger partial charge >= 0.3 is 6.16 Å². The van der Waals surface area contributed by atoms with E-state index >= 15 is 0 Å². The van der Waals surface area contributed by atoms with Gasteiger partial charge < -0.3 is 15.6 Å². The van der Waals surface area contributed by atoms with Crippen LogP contribution in [-0.2, 0) is 23.9 Å². The lowest BCUT2D eigenvalue weighted by Gasteiger charge is -2.11.